The fourth-order valence-corrected chi connectivity index (χ4v) is 5.18. The number of amides is 2. The number of ether oxygens (including phenoxy) is 2. The second-order valence-corrected chi connectivity index (χ2v) is 13.1. The van der Waals surface area contributed by atoms with Gasteiger partial charge in [-0.25, -0.2) is 14.8 Å². The van der Waals surface area contributed by atoms with Gasteiger partial charge in [0.25, 0.3) is 5.91 Å². The minimum atomic E-state index is -0.562. The SMILES string of the molecule is CC(CCCOC(=O)N1CCN(C(=O)c2nc(Nc3cc(C4CC4)[nH]n3)c3cc(Cl)ccc3n2)C[C@H]1C)OC(=O)C(C)(C)C. The van der Waals surface area contributed by atoms with E-state index >= 15 is 0 Å². The van der Waals surface area contributed by atoms with E-state index in [1.807, 2.05) is 40.7 Å². The van der Waals surface area contributed by atoms with Gasteiger partial charge in [-0.2, -0.15) is 5.10 Å². The number of piperazine rings is 1. The zero-order valence-electron chi connectivity index (χ0n) is 25.9. The molecular formula is C31H40ClN7O5. The zero-order valence-corrected chi connectivity index (χ0v) is 26.6. The number of hydrogen-bond acceptors (Lipinski definition) is 9. The summed E-state index contributed by atoms with van der Waals surface area (Å²) in [4.78, 5) is 50.9. The molecule has 1 aliphatic carbocycles. The monoisotopic (exact) mass is 625 g/mol. The minimum Gasteiger partial charge on any atom is -0.462 e. The van der Waals surface area contributed by atoms with Crippen LogP contribution in [0, 0.1) is 5.41 Å². The van der Waals surface area contributed by atoms with Crippen molar-refractivity contribution in [3.8, 4) is 0 Å². The van der Waals surface area contributed by atoms with Crippen molar-refractivity contribution in [3.63, 3.8) is 0 Å². The lowest BCUT2D eigenvalue weighted by Crippen LogP contribution is -2.55. The van der Waals surface area contributed by atoms with Crippen LogP contribution in [0.25, 0.3) is 10.9 Å². The van der Waals surface area contributed by atoms with Crippen LogP contribution in [0.1, 0.15) is 82.5 Å². The molecule has 1 aromatic carbocycles. The summed E-state index contributed by atoms with van der Waals surface area (Å²) in [6.07, 6.45) is 2.75. The van der Waals surface area contributed by atoms with Gasteiger partial charge < -0.3 is 24.6 Å². The second-order valence-electron chi connectivity index (χ2n) is 12.7. The van der Waals surface area contributed by atoms with Gasteiger partial charge in [0.1, 0.15) is 5.82 Å². The molecule has 2 atom stereocenters. The van der Waals surface area contributed by atoms with Crippen molar-refractivity contribution < 1.29 is 23.9 Å². The van der Waals surface area contributed by atoms with E-state index in [1.165, 1.54) is 0 Å². The molecule has 2 N–H and O–H groups in total. The molecule has 2 amide bonds. The molecule has 1 unspecified atom stereocenters. The first-order valence-electron chi connectivity index (χ1n) is 15.1. The predicted octanol–water partition coefficient (Wildman–Crippen LogP) is 5.67. The van der Waals surface area contributed by atoms with E-state index < -0.39 is 11.5 Å². The molecule has 236 valence electrons. The van der Waals surface area contributed by atoms with E-state index in [9.17, 15) is 14.4 Å². The Bertz CT molecular complexity index is 1530. The first-order valence-corrected chi connectivity index (χ1v) is 15.5. The molecule has 12 nitrogen and oxygen atoms in total. The number of esters is 1. The van der Waals surface area contributed by atoms with Crippen molar-refractivity contribution in [2.75, 3.05) is 31.6 Å². The summed E-state index contributed by atoms with van der Waals surface area (Å²) >= 11 is 6.27. The lowest BCUT2D eigenvalue weighted by molar-refractivity contribution is -0.158. The predicted molar refractivity (Wildman–Crippen MR) is 166 cm³/mol. The van der Waals surface area contributed by atoms with Crippen LogP contribution in [-0.2, 0) is 14.3 Å². The molecule has 0 bridgehead atoms. The lowest BCUT2D eigenvalue weighted by Gasteiger charge is -2.38. The molecule has 1 saturated heterocycles. The van der Waals surface area contributed by atoms with Crippen molar-refractivity contribution in [2.45, 2.75) is 78.4 Å². The number of nitrogens with zero attached hydrogens (tertiary/aromatic N) is 5. The van der Waals surface area contributed by atoms with Crippen molar-refractivity contribution >= 4 is 52.1 Å². The van der Waals surface area contributed by atoms with Gasteiger partial charge in [-0.1, -0.05) is 11.6 Å². The zero-order chi connectivity index (χ0) is 31.6. The third-order valence-corrected chi connectivity index (χ3v) is 8.00. The van der Waals surface area contributed by atoms with Crippen LogP contribution in [0.4, 0.5) is 16.4 Å². The van der Waals surface area contributed by atoms with Crippen LogP contribution in [-0.4, -0.2) is 86.3 Å². The Hall–Kier alpha value is -3.93. The van der Waals surface area contributed by atoms with Gasteiger partial charge >= 0.3 is 12.1 Å². The van der Waals surface area contributed by atoms with E-state index in [0.717, 1.165) is 18.5 Å². The summed E-state index contributed by atoms with van der Waals surface area (Å²) < 4.78 is 10.9. The summed E-state index contributed by atoms with van der Waals surface area (Å²) in [6.45, 7) is 10.3. The Morgan fingerprint density at radius 2 is 1.93 bits per heavy atom. The molecule has 2 aliphatic rings. The van der Waals surface area contributed by atoms with Crippen LogP contribution in [0.3, 0.4) is 0 Å². The lowest BCUT2D eigenvalue weighted by atomic mass is 9.97. The highest BCUT2D eigenvalue weighted by Crippen LogP contribution is 2.40. The summed E-state index contributed by atoms with van der Waals surface area (Å²) in [6, 6.07) is 6.93. The standard InChI is InChI=1S/C31H40ClN7O5/c1-18-17-38(12-13-39(18)30(42)43-14-6-7-19(2)44-29(41)31(3,4)5)28(40)27-33-23-11-10-21(32)15-22(23)26(35-27)34-25-16-24(36-37-25)20-8-9-20/h10-11,15-16,18-20H,6-9,12-14,17H2,1-5H3,(H2,33,34,35,36,37)/t18-,19?/m1/s1. The normalized spacial score (nSPS) is 17.8. The molecule has 5 rings (SSSR count). The van der Waals surface area contributed by atoms with Gasteiger partial charge in [-0.05, 0) is 78.5 Å². The van der Waals surface area contributed by atoms with Crippen molar-refractivity contribution in [2.24, 2.45) is 5.41 Å². The Kier molecular flexibility index (Phi) is 9.28. The maximum Gasteiger partial charge on any atom is 0.410 e. The second kappa shape index (κ2) is 13.0. The fourth-order valence-electron chi connectivity index (χ4n) is 5.00. The number of halogens is 1. The largest absolute Gasteiger partial charge is 0.462 e. The van der Waals surface area contributed by atoms with Gasteiger partial charge in [-0.15, -0.1) is 0 Å². The summed E-state index contributed by atoms with van der Waals surface area (Å²) in [5, 5.41) is 11.9. The molecule has 13 heteroatoms. The van der Waals surface area contributed by atoms with Crippen molar-refractivity contribution in [3.05, 3.63) is 40.8 Å². The molecule has 2 aromatic heterocycles. The molecule has 1 saturated carbocycles. The number of anilines is 2. The van der Waals surface area contributed by atoms with E-state index in [4.69, 9.17) is 21.1 Å². The van der Waals surface area contributed by atoms with Gasteiger partial charge in [0, 0.05) is 53.8 Å². The highest BCUT2D eigenvalue weighted by Gasteiger charge is 2.33. The molecule has 3 heterocycles. The van der Waals surface area contributed by atoms with E-state index in [-0.39, 0.29) is 36.5 Å². The molecule has 3 aromatic rings. The average Bonchev–Trinajstić information content (AvgIpc) is 3.72. The summed E-state index contributed by atoms with van der Waals surface area (Å²) in [5.74, 6) is 1.01. The molecule has 44 heavy (non-hydrogen) atoms. The third-order valence-electron chi connectivity index (χ3n) is 7.76. The number of carbonyl (C=O) groups is 3. The maximum absolute atomic E-state index is 13.6. The number of H-pyrrole nitrogens is 1. The van der Waals surface area contributed by atoms with Gasteiger partial charge in [0.05, 0.1) is 23.6 Å². The number of aromatic amines is 1. The quantitative estimate of drug-likeness (QED) is 0.227. The highest BCUT2D eigenvalue weighted by atomic mass is 35.5. The molecular weight excluding hydrogens is 586 g/mol. The maximum atomic E-state index is 13.6. The average molecular weight is 626 g/mol. The van der Waals surface area contributed by atoms with Gasteiger partial charge in [0.2, 0.25) is 5.82 Å². The summed E-state index contributed by atoms with van der Waals surface area (Å²) in [5.41, 5.74) is 1.08. The Labute approximate surface area is 261 Å². The van der Waals surface area contributed by atoms with E-state index in [0.29, 0.717) is 66.0 Å². The number of carbonyl (C=O) groups excluding carboxylic acids is 3. The number of fused-ring (bicyclic) bond motifs is 1. The Morgan fingerprint density at radius 1 is 1.16 bits per heavy atom. The van der Waals surface area contributed by atoms with E-state index in [2.05, 4.69) is 25.5 Å². The van der Waals surface area contributed by atoms with Crippen LogP contribution in [0.15, 0.2) is 24.3 Å². The molecule has 0 spiro atoms. The van der Waals surface area contributed by atoms with E-state index in [1.54, 1.807) is 28.0 Å². The number of nitrogens with one attached hydrogen (secondary N) is 2. The van der Waals surface area contributed by atoms with Gasteiger partial charge in [0.15, 0.2) is 5.82 Å². The number of hydrogen-bond donors (Lipinski definition) is 2. The molecule has 2 fully saturated rings. The van der Waals surface area contributed by atoms with Crippen LogP contribution in [0.5, 0.6) is 0 Å². The first-order chi connectivity index (χ1) is 20.9. The van der Waals surface area contributed by atoms with Gasteiger partial charge in [-0.3, -0.25) is 14.7 Å². The Morgan fingerprint density at radius 3 is 2.64 bits per heavy atom. The molecule has 1 aliphatic heterocycles. The molecule has 0 radical (unpaired) electrons. The number of rotatable bonds is 9. The highest BCUT2D eigenvalue weighted by molar-refractivity contribution is 6.31. The van der Waals surface area contributed by atoms with Crippen molar-refractivity contribution in [1.29, 1.82) is 0 Å². The van der Waals surface area contributed by atoms with Crippen LogP contribution >= 0.6 is 11.6 Å². The van der Waals surface area contributed by atoms with Crippen LogP contribution in [0.2, 0.25) is 5.02 Å². The van der Waals surface area contributed by atoms with Crippen molar-refractivity contribution in [1.82, 2.24) is 30.0 Å². The van der Waals surface area contributed by atoms with Crippen LogP contribution < -0.4 is 5.32 Å². The Balaban J connectivity index is 1.18. The number of benzene rings is 1. The fraction of sp³-hybridized carbons (Fsp3) is 0.548. The minimum absolute atomic E-state index is 0.0461. The number of aromatic nitrogens is 4. The third kappa shape index (κ3) is 7.58. The smallest absolute Gasteiger partial charge is 0.410 e. The first kappa shape index (κ1) is 31.5. The summed E-state index contributed by atoms with van der Waals surface area (Å²) in [7, 11) is 0. The topological polar surface area (TPSA) is 143 Å².